The zero-order chi connectivity index (χ0) is 80.2. The second-order valence-electron chi connectivity index (χ2n) is 27.5. The van der Waals surface area contributed by atoms with Crippen LogP contribution in [0.2, 0.25) is 0 Å². The number of rotatable bonds is 28. The van der Waals surface area contributed by atoms with Crippen LogP contribution in [0.15, 0.2) is 0 Å². The average Bonchev–Trinajstić information content (AvgIpc) is 0.762. The molecule has 9 heterocycles. The maximum absolute atomic E-state index is 13.1. The second-order valence-corrected chi connectivity index (χ2v) is 27.5. The number of hydrogen-bond donors (Lipinski definition) is 29. The zero-order valence-electron chi connectivity index (χ0n) is 58.1. The number of aliphatic hydroxyl groups excluding tert-OH is 26. The van der Waals surface area contributed by atoms with E-state index in [0.717, 1.165) is 20.8 Å². The summed E-state index contributed by atoms with van der Waals surface area (Å²) in [6.07, 6.45) is -90.4. The zero-order valence-corrected chi connectivity index (χ0v) is 58.1. The van der Waals surface area contributed by atoms with Crippen molar-refractivity contribution in [2.45, 2.75) is 297 Å². The standard InChI is InChI=1S/C60H101N3O46/c1-13(71)61-25-35(81)46(21(9-69)95-52(25)92)104-54-27(63-15(3)73)36(82)47(22(10-70)101-54)105-59-45(91)50(108-60-51(40(86)32(78)20(8-68)100-60)109-58-43(89)39(85)31(77)19(7-67)99-58)48(106-53-26(62-14(2)72)34(80)28(74)16(4-64)96-53)24(103-59)12-94-56-44(90)49(107-57-42(88)38(84)30(76)18(6-66)98-57)33(79)23(102-56)11-93-55-41(87)37(83)29(75)17(5-65)97-55/h16-60,64-70,74-92H,4-12H2,1-3H3,(H,61,71)(H,62,72)(H,63,73)/t16-,17-,18-,19-,20-,21-,22-,23-,24-,25-,26-,27-,28-,29-,30-,31-,32-,33-,34-,35-,36-,37+,38+,39+,40+,41+,42+,43+,44+,45+,46-,47-,48-,49+,50-,51+,52?,53+,54+,55+,56+,57-,58-,59+,60-/m1/s1. The fraction of sp³-hybridized carbons (Fsp3) is 0.950. The van der Waals surface area contributed by atoms with Crippen molar-refractivity contribution in [2.75, 3.05) is 59.5 Å². The molecule has 0 aromatic heterocycles. The first-order valence-corrected chi connectivity index (χ1v) is 34.6. The molecular formula is C60H101N3O46. The fourth-order valence-corrected chi connectivity index (χ4v) is 13.9. The Hall–Kier alpha value is -3.31. The van der Waals surface area contributed by atoms with Crippen LogP contribution < -0.4 is 16.0 Å². The summed E-state index contributed by atoms with van der Waals surface area (Å²) < 4.78 is 101. The number of carbonyl (C=O) groups is 3. The van der Waals surface area contributed by atoms with Gasteiger partial charge in [-0.25, -0.2) is 0 Å². The molecule has 9 aliphatic rings. The van der Waals surface area contributed by atoms with Crippen LogP contribution in [0.25, 0.3) is 0 Å². The molecule has 3 amide bonds. The normalized spacial score (nSPS) is 50.0. The Kier molecular flexibility index (Phi) is 32.1. The van der Waals surface area contributed by atoms with Crippen molar-refractivity contribution in [1.82, 2.24) is 16.0 Å². The van der Waals surface area contributed by atoms with Crippen molar-refractivity contribution in [3.8, 4) is 0 Å². The summed E-state index contributed by atoms with van der Waals surface area (Å²) in [6, 6.07) is -5.63. The molecule has 0 radical (unpaired) electrons. The molecule has 0 aromatic carbocycles. The van der Waals surface area contributed by atoms with Crippen LogP contribution in [0.3, 0.4) is 0 Å². The van der Waals surface area contributed by atoms with Gasteiger partial charge < -0.3 is 229 Å². The first kappa shape index (κ1) is 89.6. The lowest BCUT2D eigenvalue weighted by molar-refractivity contribution is -0.409. The van der Waals surface area contributed by atoms with Crippen LogP contribution in [0.1, 0.15) is 20.8 Å². The summed E-state index contributed by atoms with van der Waals surface area (Å²) in [4.78, 5) is 38.2. The van der Waals surface area contributed by atoms with E-state index < -0.39 is 353 Å². The number of nitrogens with one attached hydrogen (secondary N) is 3. The van der Waals surface area contributed by atoms with E-state index in [1.807, 2.05) is 0 Å². The Morgan fingerprint density at radius 3 is 1.01 bits per heavy atom. The number of ether oxygens (including phenoxy) is 17. The van der Waals surface area contributed by atoms with Gasteiger partial charge in [0.2, 0.25) is 17.7 Å². The maximum atomic E-state index is 13.1. The molecule has 1 unspecified atom stereocenters. The molecule has 9 aliphatic heterocycles. The minimum atomic E-state index is -2.69. The van der Waals surface area contributed by atoms with Crippen molar-refractivity contribution in [2.24, 2.45) is 0 Å². The molecule has 49 nitrogen and oxygen atoms in total. The fourth-order valence-electron chi connectivity index (χ4n) is 13.9. The Bertz CT molecular complexity index is 2840. The van der Waals surface area contributed by atoms with E-state index in [1.54, 1.807) is 0 Å². The van der Waals surface area contributed by atoms with Gasteiger partial charge in [0.25, 0.3) is 0 Å². The van der Waals surface area contributed by atoms with Gasteiger partial charge in [-0.2, -0.15) is 0 Å². The quantitative estimate of drug-likeness (QED) is 0.0346. The largest absolute Gasteiger partial charge is 0.394 e. The number of amides is 3. The van der Waals surface area contributed by atoms with Gasteiger partial charge in [0.15, 0.2) is 56.6 Å². The molecule has 0 bridgehead atoms. The first-order valence-electron chi connectivity index (χ1n) is 34.6. The number of hydrogen-bond acceptors (Lipinski definition) is 46. The van der Waals surface area contributed by atoms with Gasteiger partial charge >= 0.3 is 0 Å². The third-order valence-corrected chi connectivity index (χ3v) is 19.9. The van der Waals surface area contributed by atoms with Gasteiger partial charge in [0, 0.05) is 20.8 Å². The van der Waals surface area contributed by atoms with E-state index >= 15 is 0 Å². The molecule has 49 heteroatoms. The second kappa shape index (κ2) is 39.1. The summed E-state index contributed by atoms with van der Waals surface area (Å²) in [5, 5.41) is 295. The highest BCUT2D eigenvalue weighted by atomic mass is 16.8. The van der Waals surface area contributed by atoms with Crippen LogP contribution >= 0.6 is 0 Å². The average molecular weight is 1600 g/mol. The summed E-state index contributed by atoms with van der Waals surface area (Å²) in [6.45, 7) is -7.20. The third-order valence-electron chi connectivity index (χ3n) is 19.9. The molecule has 0 saturated carbocycles. The lowest BCUT2D eigenvalue weighted by Gasteiger charge is -2.52. The van der Waals surface area contributed by atoms with Gasteiger partial charge in [-0.15, -0.1) is 0 Å². The van der Waals surface area contributed by atoms with Crippen LogP contribution in [0.5, 0.6) is 0 Å². The molecule has 9 fully saturated rings. The van der Waals surface area contributed by atoms with E-state index in [4.69, 9.17) is 80.5 Å². The predicted molar refractivity (Wildman–Crippen MR) is 332 cm³/mol. The molecule has 0 aliphatic carbocycles. The smallest absolute Gasteiger partial charge is 0.217 e. The third kappa shape index (κ3) is 19.7. The maximum Gasteiger partial charge on any atom is 0.217 e. The van der Waals surface area contributed by atoms with E-state index in [1.165, 1.54) is 0 Å². The number of aliphatic hydroxyl groups is 26. The van der Waals surface area contributed by atoms with Crippen LogP contribution in [0.4, 0.5) is 0 Å². The van der Waals surface area contributed by atoms with Crippen LogP contribution in [0, 0.1) is 0 Å². The molecule has 0 spiro atoms. The van der Waals surface area contributed by atoms with E-state index in [9.17, 15) is 147 Å². The molecule has 9 rings (SSSR count). The Morgan fingerprint density at radius 2 is 0.532 bits per heavy atom. The van der Waals surface area contributed by atoms with E-state index in [-0.39, 0.29) is 0 Å². The summed E-state index contributed by atoms with van der Waals surface area (Å²) in [7, 11) is 0. The predicted octanol–water partition coefficient (Wildman–Crippen LogP) is -20.2. The Morgan fingerprint density at radius 1 is 0.239 bits per heavy atom. The highest BCUT2D eigenvalue weighted by molar-refractivity contribution is 5.74. The lowest BCUT2D eigenvalue weighted by Crippen LogP contribution is -2.71. The molecular weight excluding hydrogens is 1500 g/mol. The van der Waals surface area contributed by atoms with Crippen molar-refractivity contribution < 1.29 is 228 Å². The topological polar surface area (TPSA) is 770 Å². The van der Waals surface area contributed by atoms with Crippen molar-refractivity contribution in [3.63, 3.8) is 0 Å². The lowest BCUT2D eigenvalue weighted by atomic mass is 9.93. The van der Waals surface area contributed by atoms with Gasteiger partial charge in [0.05, 0.1) is 59.5 Å². The van der Waals surface area contributed by atoms with Gasteiger partial charge in [-0.3, -0.25) is 14.4 Å². The SMILES string of the molecule is CC(=O)N[C@H]1[C@H](O[C@H]2[C@H](O)[C@@H](NC(C)=O)C(O)O[C@@H]2CO)O[C@H](CO)[C@@H](O[C@@H]2O[C@H](CO[C@H]3O[C@H](CO[C@H]4O[C@H](CO)[C@@H](O)[C@H](O)[C@@H]4O)[C@@H](O)[C@H](O[C@H]4O[C@H](CO)[C@@H](O)[C@H](O)[C@@H]4O)[C@@H]3O)[C@@H](O[C@@H]3O[C@H](CO)[C@@H](O)[C@H](O)[C@H]3NC(C)=O)[C@H](O[C@H]3O[C@H](CO)[C@@H](O)[C@H](O)[C@@H]3O[C@H]3O[C@H](CO)[C@@H](O)[C@H](O)[C@@H]3O)[C@@H]2O)[C@@H]1O. The Balaban J connectivity index is 1.15. The van der Waals surface area contributed by atoms with Crippen molar-refractivity contribution in [1.29, 1.82) is 0 Å². The molecule has 632 valence electrons. The Labute approximate surface area is 616 Å². The van der Waals surface area contributed by atoms with Crippen LogP contribution in [-0.2, 0) is 94.9 Å². The summed E-state index contributed by atoms with van der Waals surface area (Å²) >= 11 is 0. The highest BCUT2D eigenvalue weighted by Crippen LogP contribution is 2.40. The molecule has 29 N–H and O–H groups in total. The minimum Gasteiger partial charge on any atom is -0.394 e. The summed E-state index contributed by atoms with van der Waals surface area (Å²) in [5.41, 5.74) is 0. The first-order chi connectivity index (χ1) is 51.6. The van der Waals surface area contributed by atoms with Crippen LogP contribution in [-0.4, -0.2) is 486 Å². The van der Waals surface area contributed by atoms with E-state index in [0.29, 0.717) is 0 Å². The monoisotopic (exact) mass is 1600 g/mol. The van der Waals surface area contributed by atoms with E-state index in [2.05, 4.69) is 16.0 Å². The van der Waals surface area contributed by atoms with Crippen molar-refractivity contribution in [3.05, 3.63) is 0 Å². The molecule has 45 atom stereocenters. The van der Waals surface area contributed by atoms with Crippen molar-refractivity contribution >= 4 is 17.7 Å². The summed E-state index contributed by atoms with van der Waals surface area (Å²) in [5.74, 6) is -2.74. The molecule has 109 heavy (non-hydrogen) atoms. The minimum absolute atomic E-state index is 0.802. The van der Waals surface area contributed by atoms with Gasteiger partial charge in [0.1, 0.15) is 220 Å². The number of carbonyl (C=O) groups excluding carboxylic acids is 3. The molecule has 9 saturated heterocycles. The van der Waals surface area contributed by atoms with Gasteiger partial charge in [-0.05, 0) is 0 Å². The van der Waals surface area contributed by atoms with Gasteiger partial charge in [-0.1, -0.05) is 0 Å². The highest BCUT2D eigenvalue weighted by Gasteiger charge is 2.61. The molecule has 0 aromatic rings.